The highest BCUT2D eigenvalue weighted by molar-refractivity contribution is 5.52. The summed E-state index contributed by atoms with van der Waals surface area (Å²) in [7, 11) is 2.10. The summed E-state index contributed by atoms with van der Waals surface area (Å²) in [5, 5.41) is 0. The van der Waals surface area contributed by atoms with Gasteiger partial charge in [0.2, 0.25) is 5.95 Å². The summed E-state index contributed by atoms with van der Waals surface area (Å²) in [6, 6.07) is 10.7. The Morgan fingerprint density at radius 2 is 2.08 bits per heavy atom. The largest absolute Gasteiger partial charge is 0.368 e. The number of nitrogens with zero attached hydrogens (tertiary/aromatic N) is 4. The van der Waals surface area contributed by atoms with E-state index in [4.69, 9.17) is 5.73 Å². The van der Waals surface area contributed by atoms with Crippen LogP contribution in [-0.2, 0) is 13.0 Å². The quantitative estimate of drug-likeness (QED) is 0.777. The van der Waals surface area contributed by atoms with E-state index in [0.29, 0.717) is 11.9 Å². The van der Waals surface area contributed by atoms with Gasteiger partial charge in [-0.25, -0.2) is 4.98 Å². The molecule has 138 valence electrons. The van der Waals surface area contributed by atoms with Crippen molar-refractivity contribution in [2.75, 3.05) is 37.3 Å². The van der Waals surface area contributed by atoms with Crippen LogP contribution in [0.4, 0.5) is 11.8 Å². The molecule has 1 fully saturated rings. The summed E-state index contributed by atoms with van der Waals surface area (Å²) in [5.74, 6) is 1.92. The van der Waals surface area contributed by atoms with Crippen molar-refractivity contribution in [3.05, 3.63) is 59.8 Å². The van der Waals surface area contributed by atoms with Crippen molar-refractivity contribution in [3.8, 4) is 0 Å². The molecular weight excluding hydrogens is 322 g/mol. The molecule has 3 rings (SSSR count). The van der Waals surface area contributed by atoms with Crippen molar-refractivity contribution in [2.24, 2.45) is 5.92 Å². The van der Waals surface area contributed by atoms with E-state index in [2.05, 4.69) is 63.7 Å². The van der Waals surface area contributed by atoms with Gasteiger partial charge in [-0.3, -0.25) is 4.90 Å². The lowest BCUT2D eigenvalue weighted by Gasteiger charge is -2.25. The Morgan fingerprint density at radius 3 is 2.81 bits per heavy atom. The van der Waals surface area contributed by atoms with Crippen molar-refractivity contribution in [1.82, 2.24) is 14.9 Å². The van der Waals surface area contributed by atoms with Gasteiger partial charge in [0.1, 0.15) is 5.82 Å². The Bertz CT molecular complexity index is 744. The first-order valence-electron chi connectivity index (χ1n) is 9.28. The Morgan fingerprint density at radius 1 is 1.31 bits per heavy atom. The molecule has 0 spiro atoms. The van der Waals surface area contributed by atoms with E-state index in [-0.39, 0.29) is 0 Å². The molecule has 2 N–H and O–H groups in total. The zero-order chi connectivity index (χ0) is 18.5. The summed E-state index contributed by atoms with van der Waals surface area (Å²) in [6.07, 6.45) is 3.88. The molecule has 0 amide bonds. The summed E-state index contributed by atoms with van der Waals surface area (Å²) < 4.78 is 0. The number of likely N-dealkylation sites (tertiary alicyclic amines) is 1. The van der Waals surface area contributed by atoms with Crippen LogP contribution in [0.5, 0.6) is 0 Å². The first kappa shape index (κ1) is 18.4. The summed E-state index contributed by atoms with van der Waals surface area (Å²) >= 11 is 0. The molecule has 1 aliphatic rings. The minimum absolute atomic E-state index is 0.342. The first-order chi connectivity index (χ1) is 12.6. The van der Waals surface area contributed by atoms with E-state index in [1.807, 2.05) is 13.0 Å². The molecule has 26 heavy (non-hydrogen) atoms. The molecule has 5 nitrogen and oxygen atoms in total. The highest BCUT2D eigenvalue weighted by Gasteiger charge is 2.25. The van der Waals surface area contributed by atoms with Crippen LogP contribution in [0.2, 0.25) is 0 Å². The molecule has 1 atom stereocenters. The third kappa shape index (κ3) is 4.41. The predicted octanol–water partition coefficient (Wildman–Crippen LogP) is 3.05. The second-order valence-electron chi connectivity index (χ2n) is 7.22. The molecule has 0 aliphatic carbocycles. The number of rotatable bonds is 7. The monoisotopic (exact) mass is 351 g/mol. The Labute approximate surface area is 156 Å². The third-order valence-electron chi connectivity index (χ3n) is 5.07. The fourth-order valence-electron chi connectivity index (χ4n) is 3.82. The standard InChI is InChI=1S/C21H29N5/c1-4-8-19-16(2)23-21(22)24-20(19)25(3)13-18-11-12-26(15-18)14-17-9-6-5-7-10-17/h4-7,9-10,18H,1,8,11-15H2,2-3H3,(H2,22,23,24)/t18-/m0/s1. The van der Waals surface area contributed by atoms with Crippen molar-refractivity contribution in [2.45, 2.75) is 26.3 Å². The van der Waals surface area contributed by atoms with Crippen LogP contribution in [0, 0.1) is 12.8 Å². The van der Waals surface area contributed by atoms with Gasteiger partial charge < -0.3 is 10.6 Å². The van der Waals surface area contributed by atoms with E-state index < -0.39 is 0 Å². The number of nitrogens with two attached hydrogens (primary N) is 1. The maximum atomic E-state index is 5.90. The normalized spacial score (nSPS) is 17.4. The van der Waals surface area contributed by atoms with Gasteiger partial charge in [0.05, 0.1) is 0 Å². The first-order valence-corrected chi connectivity index (χ1v) is 9.28. The van der Waals surface area contributed by atoms with E-state index in [0.717, 1.165) is 49.7 Å². The number of hydrogen-bond donors (Lipinski definition) is 1. The van der Waals surface area contributed by atoms with Crippen LogP contribution < -0.4 is 10.6 Å². The number of benzene rings is 1. The minimum Gasteiger partial charge on any atom is -0.368 e. The number of aryl methyl sites for hydroxylation is 1. The zero-order valence-corrected chi connectivity index (χ0v) is 15.9. The molecule has 1 saturated heterocycles. The molecule has 1 aromatic heterocycles. The van der Waals surface area contributed by atoms with Crippen molar-refractivity contribution in [1.29, 1.82) is 0 Å². The van der Waals surface area contributed by atoms with Crippen molar-refractivity contribution >= 4 is 11.8 Å². The Balaban J connectivity index is 1.64. The predicted molar refractivity (Wildman–Crippen MR) is 108 cm³/mol. The molecule has 0 unspecified atom stereocenters. The van der Waals surface area contributed by atoms with Gasteiger partial charge >= 0.3 is 0 Å². The smallest absolute Gasteiger partial charge is 0.222 e. The Kier molecular flexibility index (Phi) is 5.89. The van der Waals surface area contributed by atoms with Crippen LogP contribution in [-0.4, -0.2) is 41.5 Å². The number of anilines is 2. The van der Waals surface area contributed by atoms with E-state index in [9.17, 15) is 0 Å². The second-order valence-corrected chi connectivity index (χ2v) is 7.22. The lowest BCUT2D eigenvalue weighted by molar-refractivity contribution is 0.317. The third-order valence-corrected chi connectivity index (χ3v) is 5.07. The molecule has 5 heteroatoms. The average Bonchev–Trinajstić information content (AvgIpc) is 3.04. The topological polar surface area (TPSA) is 58.3 Å². The maximum absolute atomic E-state index is 5.90. The highest BCUT2D eigenvalue weighted by Crippen LogP contribution is 2.25. The zero-order valence-electron chi connectivity index (χ0n) is 15.9. The molecule has 1 aromatic carbocycles. The van der Waals surface area contributed by atoms with Gasteiger partial charge in [0, 0.05) is 37.9 Å². The fourth-order valence-corrected chi connectivity index (χ4v) is 3.82. The SMILES string of the molecule is C=CCc1c(C)nc(N)nc1N(C)C[C@@H]1CCN(Cc2ccccc2)C1. The van der Waals surface area contributed by atoms with Crippen molar-refractivity contribution in [3.63, 3.8) is 0 Å². The maximum Gasteiger partial charge on any atom is 0.222 e. The van der Waals surface area contributed by atoms with Gasteiger partial charge in [-0.05, 0) is 37.8 Å². The molecule has 0 bridgehead atoms. The van der Waals surface area contributed by atoms with Gasteiger partial charge in [-0.2, -0.15) is 4.98 Å². The Hall–Kier alpha value is -2.40. The van der Waals surface area contributed by atoms with E-state index in [1.165, 1.54) is 12.0 Å². The van der Waals surface area contributed by atoms with Crippen molar-refractivity contribution < 1.29 is 0 Å². The molecule has 0 saturated carbocycles. The van der Waals surface area contributed by atoms with Crippen LogP contribution in [0.25, 0.3) is 0 Å². The molecular formula is C21H29N5. The van der Waals surface area contributed by atoms with Crippen LogP contribution in [0.1, 0.15) is 23.2 Å². The van der Waals surface area contributed by atoms with Gasteiger partial charge in [-0.15, -0.1) is 6.58 Å². The molecule has 1 aliphatic heterocycles. The van der Waals surface area contributed by atoms with Gasteiger partial charge in [0.15, 0.2) is 0 Å². The second kappa shape index (κ2) is 8.32. The lowest BCUT2D eigenvalue weighted by Crippen LogP contribution is -2.30. The highest BCUT2D eigenvalue weighted by atomic mass is 15.2. The van der Waals surface area contributed by atoms with Gasteiger partial charge in [0.25, 0.3) is 0 Å². The minimum atomic E-state index is 0.342. The average molecular weight is 351 g/mol. The van der Waals surface area contributed by atoms with Crippen LogP contribution >= 0.6 is 0 Å². The van der Waals surface area contributed by atoms with E-state index >= 15 is 0 Å². The molecule has 0 radical (unpaired) electrons. The van der Waals surface area contributed by atoms with Crippen LogP contribution in [0.15, 0.2) is 43.0 Å². The molecule has 2 aromatic rings. The summed E-state index contributed by atoms with van der Waals surface area (Å²) in [5.41, 5.74) is 9.34. The lowest BCUT2D eigenvalue weighted by atomic mass is 10.1. The summed E-state index contributed by atoms with van der Waals surface area (Å²) in [4.78, 5) is 13.6. The van der Waals surface area contributed by atoms with E-state index in [1.54, 1.807) is 0 Å². The number of allylic oxidation sites excluding steroid dienone is 1. The summed E-state index contributed by atoms with van der Waals surface area (Å²) in [6.45, 7) is 10.1. The number of aromatic nitrogens is 2. The van der Waals surface area contributed by atoms with Crippen LogP contribution in [0.3, 0.4) is 0 Å². The molecule has 2 heterocycles. The van der Waals surface area contributed by atoms with Gasteiger partial charge in [-0.1, -0.05) is 36.4 Å². The number of hydrogen-bond acceptors (Lipinski definition) is 5. The fraction of sp³-hybridized carbons (Fsp3) is 0.429. The number of nitrogen functional groups attached to an aromatic ring is 1.